The van der Waals surface area contributed by atoms with Gasteiger partial charge < -0.3 is 5.32 Å². The van der Waals surface area contributed by atoms with Gasteiger partial charge in [0.1, 0.15) is 0 Å². The summed E-state index contributed by atoms with van der Waals surface area (Å²) in [5, 5.41) is 15.2. The highest BCUT2D eigenvalue weighted by Gasteiger charge is 2.09. The fourth-order valence-electron chi connectivity index (χ4n) is 2.23. The number of nitrogens with one attached hydrogen (secondary N) is 1. The number of aromatic nitrogens is 4. The van der Waals surface area contributed by atoms with Crippen LogP contribution < -0.4 is 5.32 Å². The highest BCUT2D eigenvalue weighted by atomic mass is 35.5. The third-order valence-corrected chi connectivity index (χ3v) is 3.95. The Morgan fingerprint density at radius 1 is 1.21 bits per heavy atom. The minimum atomic E-state index is -0.176. The van der Waals surface area contributed by atoms with E-state index in [1.165, 1.54) is 0 Å². The van der Waals surface area contributed by atoms with E-state index in [9.17, 15) is 4.79 Å². The first-order chi connectivity index (χ1) is 11.5. The Balaban J connectivity index is 1.74. The average Bonchev–Trinajstić information content (AvgIpc) is 2.96. The Hall–Kier alpha value is -2.44. The number of benzene rings is 2. The van der Waals surface area contributed by atoms with Crippen LogP contribution in [0.15, 0.2) is 42.5 Å². The van der Waals surface area contributed by atoms with Gasteiger partial charge in [0.2, 0.25) is 5.91 Å². The number of hydrogen-bond donors (Lipinski definition) is 1. The van der Waals surface area contributed by atoms with Gasteiger partial charge in [-0.2, -0.15) is 4.68 Å². The number of carbonyl (C=O) groups excluding carboxylic acids is 1. The molecule has 2 aromatic carbocycles. The van der Waals surface area contributed by atoms with Crippen LogP contribution in [0.5, 0.6) is 0 Å². The van der Waals surface area contributed by atoms with Crippen LogP contribution in [-0.2, 0) is 11.2 Å². The second-order valence-corrected chi connectivity index (χ2v) is 5.99. The van der Waals surface area contributed by atoms with Crippen molar-refractivity contribution in [2.75, 3.05) is 5.32 Å². The summed E-state index contributed by atoms with van der Waals surface area (Å²) in [6, 6.07) is 12.3. The van der Waals surface area contributed by atoms with Gasteiger partial charge in [-0.05, 0) is 53.2 Å². The minimum absolute atomic E-state index is 0.157. The Labute approximate surface area is 148 Å². The van der Waals surface area contributed by atoms with Gasteiger partial charge in [-0.15, -0.1) is 5.10 Å². The summed E-state index contributed by atoms with van der Waals surface area (Å²) in [5.74, 6) is 0.483. The van der Waals surface area contributed by atoms with E-state index in [2.05, 4.69) is 20.8 Å². The molecule has 1 heterocycles. The van der Waals surface area contributed by atoms with E-state index in [4.69, 9.17) is 23.2 Å². The monoisotopic (exact) mass is 361 g/mol. The van der Waals surface area contributed by atoms with Gasteiger partial charge in [0.05, 0.1) is 12.1 Å². The second-order valence-electron chi connectivity index (χ2n) is 5.15. The molecule has 0 atom stereocenters. The Morgan fingerprint density at radius 2 is 2.04 bits per heavy atom. The number of aryl methyl sites for hydroxylation is 1. The number of anilines is 1. The molecule has 0 bridgehead atoms. The Bertz CT molecular complexity index is 894. The Morgan fingerprint density at radius 3 is 2.75 bits per heavy atom. The molecule has 24 heavy (non-hydrogen) atoms. The molecule has 0 aliphatic carbocycles. The second kappa shape index (κ2) is 6.98. The van der Waals surface area contributed by atoms with Crippen LogP contribution in [0.2, 0.25) is 10.0 Å². The lowest BCUT2D eigenvalue weighted by Gasteiger charge is -2.09. The van der Waals surface area contributed by atoms with Gasteiger partial charge in [0.15, 0.2) is 5.82 Å². The Kier molecular flexibility index (Phi) is 4.78. The fourth-order valence-corrected chi connectivity index (χ4v) is 2.70. The smallest absolute Gasteiger partial charge is 0.228 e. The number of rotatable bonds is 4. The van der Waals surface area contributed by atoms with Crippen LogP contribution in [0.25, 0.3) is 5.69 Å². The normalized spacial score (nSPS) is 10.6. The quantitative estimate of drug-likeness (QED) is 0.772. The minimum Gasteiger partial charge on any atom is -0.326 e. The molecule has 0 saturated heterocycles. The predicted molar refractivity (Wildman–Crippen MR) is 92.7 cm³/mol. The van der Waals surface area contributed by atoms with Gasteiger partial charge in [-0.25, -0.2) is 0 Å². The van der Waals surface area contributed by atoms with Crippen LogP contribution >= 0.6 is 23.2 Å². The van der Waals surface area contributed by atoms with E-state index in [1.54, 1.807) is 41.9 Å². The molecule has 122 valence electrons. The number of carbonyl (C=O) groups is 1. The van der Waals surface area contributed by atoms with Crippen LogP contribution in [0, 0.1) is 6.92 Å². The summed E-state index contributed by atoms with van der Waals surface area (Å²) in [4.78, 5) is 12.2. The molecular weight excluding hydrogens is 349 g/mol. The summed E-state index contributed by atoms with van der Waals surface area (Å²) in [6.07, 6.45) is 0.157. The predicted octanol–water partition coefficient (Wildman–Crippen LogP) is 3.46. The molecular formula is C16H13Cl2N5O. The third-order valence-electron chi connectivity index (χ3n) is 3.37. The molecule has 0 saturated carbocycles. The van der Waals surface area contributed by atoms with E-state index < -0.39 is 0 Å². The highest BCUT2D eigenvalue weighted by molar-refractivity contribution is 6.35. The summed E-state index contributed by atoms with van der Waals surface area (Å²) < 4.78 is 1.59. The van der Waals surface area contributed by atoms with E-state index in [-0.39, 0.29) is 12.3 Å². The molecule has 8 heteroatoms. The lowest BCUT2D eigenvalue weighted by Crippen LogP contribution is -2.15. The molecule has 6 nitrogen and oxygen atoms in total. The molecule has 1 amide bonds. The lowest BCUT2D eigenvalue weighted by molar-refractivity contribution is -0.115. The maximum atomic E-state index is 12.2. The average molecular weight is 362 g/mol. The van der Waals surface area contributed by atoms with Crippen LogP contribution in [0.3, 0.4) is 0 Å². The lowest BCUT2D eigenvalue weighted by atomic mass is 10.1. The van der Waals surface area contributed by atoms with Crippen molar-refractivity contribution >= 4 is 34.8 Å². The van der Waals surface area contributed by atoms with Crippen molar-refractivity contribution in [3.8, 4) is 5.69 Å². The van der Waals surface area contributed by atoms with Crippen molar-refractivity contribution in [3.63, 3.8) is 0 Å². The van der Waals surface area contributed by atoms with Gasteiger partial charge in [-0.3, -0.25) is 4.79 Å². The largest absolute Gasteiger partial charge is 0.326 e. The first-order valence-electron chi connectivity index (χ1n) is 7.12. The summed E-state index contributed by atoms with van der Waals surface area (Å²) in [7, 11) is 0. The van der Waals surface area contributed by atoms with E-state index >= 15 is 0 Å². The number of amides is 1. The van der Waals surface area contributed by atoms with Crippen molar-refractivity contribution in [1.82, 2.24) is 20.2 Å². The fraction of sp³-hybridized carbons (Fsp3) is 0.125. The molecule has 0 fully saturated rings. The van der Waals surface area contributed by atoms with Crippen LogP contribution in [0.1, 0.15) is 11.4 Å². The zero-order valence-corrected chi connectivity index (χ0v) is 14.2. The maximum Gasteiger partial charge on any atom is 0.228 e. The molecule has 0 aliphatic heterocycles. The number of tetrazole rings is 1. The van der Waals surface area contributed by atoms with Crippen LogP contribution in [0.4, 0.5) is 5.69 Å². The first-order valence-corrected chi connectivity index (χ1v) is 7.88. The molecule has 0 unspecified atom stereocenters. The van der Waals surface area contributed by atoms with Crippen molar-refractivity contribution < 1.29 is 4.79 Å². The third kappa shape index (κ3) is 3.72. The molecule has 3 aromatic rings. The SMILES string of the molecule is Cc1nnnn1-c1cccc(NC(=O)Cc2ccc(Cl)cc2Cl)c1. The number of nitrogens with zero attached hydrogens (tertiary/aromatic N) is 4. The van der Waals surface area contributed by atoms with Crippen LogP contribution in [-0.4, -0.2) is 26.1 Å². The zero-order chi connectivity index (χ0) is 17.1. The molecule has 0 aliphatic rings. The van der Waals surface area contributed by atoms with Gasteiger partial charge in [0, 0.05) is 15.7 Å². The summed E-state index contributed by atoms with van der Waals surface area (Å²) in [6.45, 7) is 1.80. The first kappa shape index (κ1) is 16.4. The van der Waals surface area contributed by atoms with Gasteiger partial charge in [-0.1, -0.05) is 35.3 Å². The summed E-state index contributed by atoms with van der Waals surface area (Å²) >= 11 is 12.0. The number of halogens is 2. The van der Waals surface area contributed by atoms with Crippen molar-refractivity contribution in [2.45, 2.75) is 13.3 Å². The molecule has 0 spiro atoms. The summed E-state index contributed by atoms with van der Waals surface area (Å²) in [5.41, 5.74) is 2.13. The highest BCUT2D eigenvalue weighted by Crippen LogP contribution is 2.22. The molecule has 1 N–H and O–H groups in total. The topological polar surface area (TPSA) is 72.7 Å². The standard InChI is InChI=1S/C16H13Cl2N5O/c1-10-20-21-22-23(10)14-4-2-3-13(9-14)19-16(24)7-11-5-6-12(17)8-15(11)18/h2-6,8-9H,7H2,1H3,(H,19,24). The van der Waals surface area contributed by atoms with E-state index in [0.717, 1.165) is 5.69 Å². The van der Waals surface area contributed by atoms with E-state index in [0.29, 0.717) is 27.1 Å². The van der Waals surface area contributed by atoms with Crippen molar-refractivity contribution in [1.29, 1.82) is 0 Å². The van der Waals surface area contributed by atoms with Gasteiger partial charge >= 0.3 is 0 Å². The van der Waals surface area contributed by atoms with Crippen molar-refractivity contribution in [3.05, 3.63) is 63.9 Å². The number of hydrogen-bond acceptors (Lipinski definition) is 4. The van der Waals surface area contributed by atoms with Gasteiger partial charge in [0.25, 0.3) is 0 Å². The molecule has 3 rings (SSSR count). The molecule has 1 aromatic heterocycles. The maximum absolute atomic E-state index is 12.2. The molecule has 0 radical (unpaired) electrons. The zero-order valence-electron chi connectivity index (χ0n) is 12.7. The van der Waals surface area contributed by atoms with Crippen molar-refractivity contribution in [2.24, 2.45) is 0 Å². The van der Waals surface area contributed by atoms with E-state index in [1.807, 2.05) is 12.1 Å².